The van der Waals surface area contributed by atoms with Crippen LogP contribution in [0.2, 0.25) is 0 Å². The van der Waals surface area contributed by atoms with Gasteiger partial charge in [0.15, 0.2) is 0 Å². The Morgan fingerprint density at radius 2 is 1.32 bits per heavy atom. The van der Waals surface area contributed by atoms with Crippen molar-refractivity contribution in [1.82, 2.24) is 42.1 Å². The van der Waals surface area contributed by atoms with E-state index in [1.54, 1.807) is 44.2 Å². The van der Waals surface area contributed by atoms with Crippen LogP contribution in [-0.4, -0.2) is 160 Å². The first-order valence-corrected chi connectivity index (χ1v) is 23.3. The maximum Gasteiger partial charge on any atom is 0.322 e. The number of hydrogen-bond donors (Lipinski definition) is 14. The molecule has 0 aromatic heterocycles. The van der Waals surface area contributed by atoms with Crippen molar-refractivity contribution in [1.29, 1.82) is 0 Å². The van der Waals surface area contributed by atoms with Crippen molar-refractivity contribution in [3.63, 3.8) is 0 Å². The summed E-state index contributed by atoms with van der Waals surface area (Å²) < 4.78 is 0. The zero-order valence-electron chi connectivity index (χ0n) is 37.9. The number of carboxylic acid groups (broad SMARTS) is 2. The zero-order chi connectivity index (χ0) is 51.1. The van der Waals surface area contributed by atoms with E-state index in [2.05, 4.69) is 62.5 Å². The fourth-order valence-electron chi connectivity index (χ4n) is 6.96. The standard InChI is InChI=1S/C42H65N11O13S2/c1-3-22(2)34(52-39(63)27(49-35(59)24(44)20-67)17-23-9-5-4-6-10-23)41(65)48-26(13-14-31(45)54)37(61)50-28(18-32(55)56)38(62)51-29(21-68)42(66)53-16-8-12-30(53)40(64)47-25(11-7-15-43)36(60)46-19-33(57)58/h4-6,9-10,22,24-30,34,67-68H,3,7-8,11-21,43-44H2,1-2H3,(H2,45,54)(H,46,60)(H,47,64)(H,48,65)(H,49,59)(H,50,61)(H,51,62)(H,52,63)(H,55,56)(H,57,58)/t22-,24-,25-,26-,27-,28-,29-,30-,34-/m0/s1. The van der Waals surface area contributed by atoms with Gasteiger partial charge in [-0.05, 0) is 50.1 Å². The van der Waals surface area contributed by atoms with Crippen molar-refractivity contribution < 1.29 is 63.0 Å². The number of rotatable bonds is 30. The summed E-state index contributed by atoms with van der Waals surface area (Å²) in [6, 6.07) is -2.25. The van der Waals surface area contributed by atoms with Crippen molar-refractivity contribution >= 4 is 90.4 Å². The predicted molar refractivity (Wildman–Crippen MR) is 251 cm³/mol. The molecule has 1 aromatic carbocycles. The van der Waals surface area contributed by atoms with Gasteiger partial charge in [-0.2, -0.15) is 25.3 Å². The van der Waals surface area contributed by atoms with Gasteiger partial charge in [0.25, 0.3) is 0 Å². The number of aliphatic carboxylic acids is 2. The summed E-state index contributed by atoms with van der Waals surface area (Å²) in [7, 11) is 0. The van der Waals surface area contributed by atoms with Crippen molar-refractivity contribution in [3.05, 3.63) is 35.9 Å². The van der Waals surface area contributed by atoms with Crippen molar-refractivity contribution in [2.75, 3.05) is 31.1 Å². The molecular formula is C42H65N11O13S2. The molecule has 26 heteroatoms. The average molecular weight is 996 g/mol. The SMILES string of the molecule is CC[C@H](C)[C@H](NC(=O)[C@H](Cc1ccccc1)NC(=O)[C@@H](N)CS)C(=O)N[C@@H](CCC(N)=O)C(=O)N[C@@H](CC(=O)O)C(=O)N[C@@H](CS)C(=O)N1CCC[C@H]1C(=O)N[C@@H](CCCN)C(=O)NCC(=O)O. The number of nitrogens with one attached hydrogen (secondary N) is 7. The topological polar surface area (TPSA) is 394 Å². The molecule has 1 saturated heterocycles. The van der Waals surface area contributed by atoms with Crippen molar-refractivity contribution in [2.24, 2.45) is 23.1 Å². The maximum absolute atomic E-state index is 14.0. The Morgan fingerprint density at radius 1 is 0.735 bits per heavy atom. The Morgan fingerprint density at radius 3 is 1.90 bits per heavy atom. The van der Waals surface area contributed by atoms with Crippen molar-refractivity contribution in [2.45, 2.75) is 120 Å². The van der Waals surface area contributed by atoms with Crippen LogP contribution in [0.25, 0.3) is 0 Å². The van der Waals surface area contributed by atoms with Gasteiger partial charge in [-0.25, -0.2) is 0 Å². The van der Waals surface area contributed by atoms with Crippen LogP contribution in [0.4, 0.5) is 0 Å². The van der Waals surface area contributed by atoms with Gasteiger partial charge in [0.2, 0.25) is 53.2 Å². The molecule has 1 heterocycles. The Hall–Kier alpha value is -5.99. The lowest BCUT2D eigenvalue weighted by molar-refractivity contribution is -0.143. The summed E-state index contributed by atoms with van der Waals surface area (Å²) in [4.78, 5) is 144. The number of amides is 9. The first kappa shape index (κ1) is 58.1. The number of likely N-dealkylation sites (tertiary alicyclic amines) is 1. The molecule has 0 aliphatic carbocycles. The molecule has 24 nitrogen and oxygen atoms in total. The van der Waals surface area contributed by atoms with Gasteiger partial charge in [0.05, 0.1) is 12.5 Å². The molecule has 0 saturated carbocycles. The summed E-state index contributed by atoms with van der Waals surface area (Å²) in [5.41, 5.74) is 17.5. The molecule has 0 unspecified atom stereocenters. The Balaban J connectivity index is 2.33. The fourth-order valence-corrected chi connectivity index (χ4v) is 7.37. The van der Waals surface area contributed by atoms with Crippen LogP contribution < -0.4 is 54.4 Å². The number of benzene rings is 1. The lowest BCUT2D eigenvalue weighted by Crippen LogP contribution is -2.61. The molecule has 378 valence electrons. The molecule has 68 heavy (non-hydrogen) atoms. The second-order valence-corrected chi connectivity index (χ2v) is 16.9. The molecule has 0 bridgehead atoms. The summed E-state index contributed by atoms with van der Waals surface area (Å²) in [6.07, 6.45) is -0.755. The molecule has 1 fully saturated rings. The highest BCUT2D eigenvalue weighted by Crippen LogP contribution is 2.20. The average Bonchev–Trinajstić information content (AvgIpc) is 3.81. The number of carbonyl (C=O) groups is 11. The van der Waals surface area contributed by atoms with E-state index in [1.165, 1.54) is 0 Å². The number of nitrogens with two attached hydrogens (primary N) is 3. The lowest BCUT2D eigenvalue weighted by atomic mass is 9.96. The minimum Gasteiger partial charge on any atom is -0.481 e. The third kappa shape index (κ3) is 19.3. The van der Waals surface area contributed by atoms with Crippen LogP contribution in [0, 0.1) is 5.92 Å². The number of thiol groups is 2. The number of carbonyl (C=O) groups excluding carboxylic acids is 9. The summed E-state index contributed by atoms with van der Waals surface area (Å²) in [5, 5.41) is 35.8. The lowest BCUT2D eigenvalue weighted by Gasteiger charge is -2.30. The van der Waals surface area contributed by atoms with Gasteiger partial charge in [0.1, 0.15) is 48.8 Å². The van der Waals surface area contributed by atoms with E-state index in [0.717, 1.165) is 4.90 Å². The maximum atomic E-state index is 14.0. The fraction of sp³-hybridized carbons (Fsp3) is 0.595. The van der Waals surface area contributed by atoms with Crippen LogP contribution in [0.5, 0.6) is 0 Å². The van der Waals surface area contributed by atoms with Gasteiger partial charge in [0, 0.05) is 30.9 Å². The third-order valence-corrected chi connectivity index (χ3v) is 11.7. The first-order chi connectivity index (χ1) is 32.2. The molecule has 1 aliphatic rings. The number of hydrogen-bond acceptors (Lipinski definition) is 15. The van der Waals surface area contributed by atoms with E-state index in [4.69, 9.17) is 22.3 Å². The van der Waals surface area contributed by atoms with Crippen LogP contribution >= 0.6 is 25.3 Å². The molecule has 9 atom stereocenters. The van der Waals surface area contributed by atoms with E-state index in [-0.39, 0.29) is 43.9 Å². The van der Waals surface area contributed by atoms with Gasteiger partial charge in [-0.15, -0.1) is 0 Å². The molecular weight excluding hydrogens is 931 g/mol. The molecule has 1 aromatic rings. The molecule has 9 amide bonds. The van der Waals surface area contributed by atoms with Crippen LogP contribution in [0.3, 0.4) is 0 Å². The van der Waals surface area contributed by atoms with Gasteiger partial charge in [-0.3, -0.25) is 52.7 Å². The second-order valence-electron chi connectivity index (χ2n) is 16.2. The number of nitrogens with zero attached hydrogens (tertiary/aromatic N) is 1. The van der Waals surface area contributed by atoms with E-state index in [0.29, 0.717) is 24.8 Å². The number of carboxylic acids is 2. The van der Waals surface area contributed by atoms with Crippen molar-refractivity contribution in [3.8, 4) is 0 Å². The predicted octanol–water partition coefficient (Wildman–Crippen LogP) is -3.96. The van der Waals surface area contributed by atoms with E-state index in [1.807, 2.05) is 0 Å². The molecule has 0 spiro atoms. The zero-order valence-corrected chi connectivity index (χ0v) is 39.7. The first-order valence-electron chi connectivity index (χ1n) is 22.0. The molecule has 0 radical (unpaired) electrons. The monoisotopic (exact) mass is 995 g/mol. The van der Waals surface area contributed by atoms with Gasteiger partial charge in [-0.1, -0.05) is 50.6 Å². The van der Waals surface area contributed by atoms with E-state index < -0.39 is 145 Å². The normalized spacial score (nSPS) is 16.7. The molecule has 1 aliphatic heterocycles. The van der Waals surface area contributed by atoms with Crippen LogP contribution in [0.1, 0.15) is 70.8 Å². The smallest absolute Gasteiger partial charge is 0.322 e. The summed E-state index contributed by atoms with van der Waals surface area (Å²) >= 11 is 8.25. The summed E-state index contributed by atoms with van der Waals surface area (Å²) in [6.45, 7) is 2.86. The minimum absolute atomic E-state index is 0.00451. The second kappa shape index (κ2) is 29.7. The van der Waals surface area contributed by atoms with E-state index >= 15 is 0 Å². The highest BCUT2D eigenvalue weighted by atomic mass is 32.1. The van der Waals surface area contributed by atoms with E-state index in [9.17, 15) is 57.8 Å². The summed E-state index contributed by atoms with van der Waals surface area (Å²) in [5.74, 6) is -11.7. The highest BCUT2D eigenvalue weighted by Gasteiger charge is 2.40. The Labute approximate surface area is 404 Å². The molecule has 2 rings (SSSR count). The van der Waals surface area contributed by atoms with Crippen LogP contribution in [0.15, 0.2) is 30.3 Å². The largest absolute Gasteiger partial charge is 0.481 e. The van der Waals surface area contributed by atoms with Crippen LogP contribution in [-0.2, 0) is 59.2 Å². The quantitative estimate of drug-likeness (QED) is 0.0327. The Kier molecular flexibility index (Phi) is 25.4. The highest BCUT2D eigenvalue weighted by molar-refractivity contribution is 7.80. The Bertz CT molecular complexity index is 1950. The molecule has 15 N–H and O–H groups in total. The van der Waals surface area contributed by atoms with Gasteiger partial charge < -0.3 is 69.5 Å². The third-order valence-electron chi connectivity index (χ3n) is 10.9. The minimum atomic E-state index is -1.88. The van der Waals surface area contributed by atoms with Gasteiger partial charge >= 0.3 is 11.9 Å². The number of primary amides is 1.